The number of hydrogen-bond acceptors (Lipinski definition) is 3. The van der Waals surface area contributed by atoms with Crippen LogP contribution in [0.15, 0.2) is 24.3 Å². The zero-order valence-corrected chi connectivity index (χ0v) is 10.7. The molecule has 1 aromatic carbocycles. The van der Waals surface area contributed by atoms with Crippen molar-refractivity contribution in [3.8, 4) is 0 Å². The second kappa shape index (κ2) is 6.33. The summed E-state index contributed by atoms with van der Waals surface area (Å²) in [5.74, 6) is -0.891. The first-order valence-corrected chi connectivity index (χ1v) is 6.35. The number of hydrogen-bond donors (Lipinski definition) is 1. The number of carbonyl (C=O) groups excluding carboxylic acids is 1. The first-order chi connectivity index (χ1) is 9.18. The minimum Gasteiger partial charge on any atom is -0.478 e. The van der Waals surface area contributed by atoms with E-state index < -0.39 is 5.97 Å². The Morgan fingerprint density at radius 1 is 1.21 bits per heavy atom. The molecule has 0 radical (unpaired) electrons. The number of carbonyl (C=O) groups is 2. The Bertz CT molecular complexity index is 466. The number of aromatic carboxylic acids is 1. The van der Waals surface area contributed by atoms with E-state index in [-0.39, 0.29) is 11.5 Å². The zero-order valence-electron chi connectivity index (χ0n) is 10.7. The molecule has 0 aromatic heterocycles. The number of morpholine rings is 1. The van der Waals surface area contributed by atoms with Crippen LogP contribution in [0.5, 0.6) is 0 Å². The highest BCUT2D eigenvalue weighted by atomic mass is 16.5. The molecule has 2 rings (SSSR count). The summed E-state index contributed by atoms with van der Waals surface area (Å²) in [4.78, 5) is 24.8. The van der Waals surface area contributed by atoms with Crippen LogP contribution in [0.25, 0.3) is 0 Å². The molecule has 1 aliphatic heterocycles. The van der Waals surface area contributed by atoms with E-state index in [1.807, 2.05) is 0 Å². The van der Waals surface area contributed by atoms with Gasteiger partial charge in [0.25, 0.3) is 0 Å². The predicted octanol–water partition coefficient (Wildman–Crippen LogP) is 1.18. The van der Waals surface area contributed by atoms with Gasteiger partial charge < -0.3 is 14.7 Å². The van der Waals surface area contributed by atoms with Gasteiger partial charge in [0, 0.05) is 19.5 Å². The number of aryl methyl sites for hydroxylation is 1. The largest absolute Gasteiger partial charge is 0.478 e. The molecular formula is C14H17NO4. The SMILES string of the molecule is O=C(O)c1ccccc1CCC(=O)N1CCOCC1. The van der Waals surface area contributed by atoms with E-state index in [0.29, 0.717) is 44.7 Å². The molecule has 102 valence electrons. The van der Waals surface area contributed by atoms with Crippen LogP contribution >= 0.6 is 0 Å². The molecule has 1 aliphatic rings. The Kier molecular flexibility index (Phi) is 4.52. The summed E-state index contributed by atoms with van der Waals surface area (Å²) in [7, 11) is 0. The normalized spacial score (nSPS) is 15.3. The first kappa shape index (κ1) is 13.5. The van der Waals surface area contributed by atoms with Gasteiger partial charge in [-0.15, -0.1) is 0 Å². The first-order valence-electron chi connectivity index (χ1n) is 6.35. The molecule has 0 bridgehead atoms. The molecule has 1 N–H and O–H groups in total. The van der Waals surface area contributed by atoms with Gasteiger partial charge in [-0.3, -0.25) is 4.79 Å². The van der Waals surface area contributed by atoms with E-state index in [1.54, 1.807) is 29.2 Å². The topological polar surface area (TPSA) is 66.8 Å². The van der Waals surface area contributed by atoms with Gasteiger partial charge in [0.05, 0.1) is 18.8 Å². The summed E-state index contributed by atoms with van der Waals surface area (Å²) >= 11 is 0. The van der Waals surface area contributed by atoms with E-state index >= 15 is 0 Å². The molecule has 1 fully saturated rings. The van der Waals surface area contributed by atoms with Gasteiger partial charge in [-0.2, -0.15) is 0 Å². The van der Waals surface area contributed by atoms with E-state index in [2.05, 4.69) is 0 Å². The number of carboxylic acid groups (broad SMARTS) is 1. The van der Waals surface area contributed by atoms with Crippen LogP contribution in [0.1, 0.15) is 22.3 Å². The molecule has 1 saturated heterocycles. The molecule has 0 atom stereocenters. The van der Waals surface area contributed by atoms with E-state index in [4.69, 9.17) is 9.84 Å². The molecule has 0 spiro atoms. The van der Waals surface area contributed by atoms with Gasteiger partial charge in [-0.05, 0) is 18.1 Å². The molecule has 1 heterocycles. The lowest BCUT2D eigenvalue weighted by Crippen LogP contribution is -2.40. The van der Waals surface area contributed by atoms with Gasteiger partial charge in [-0.1, -0.05) is 18.2 Å². The minimum absolute atomic E-state index is 0.0588. The smallest absolute Gasteiger partial charge is 0.335 e. The van der Waals surface area contributed by atoms with Crippen LogP contribution in [0, 0.1) is 0 Å². The maximum absolute atomic E-state index is 12.0. The third-order valence-corrected chi connectivity index (χ3v) is 3.22. The van der Waals surface area contributed by atoms with Crippen LogP contribution in [0.4, 0.5) is 0 Å². The lowest BCUT2D eigenvalue weighted by molar-refractivity contribution is -0.135. The number of amides is 1. The van der Waals surface area contributed by atoms with Crippen LogP contribution in [-0.4, -0.2) is 48.2 Å². The fourth-order valence-electron chi connectivity index (χ4n) is 2.16. The van der Waals surface area contributed by atoms with Crippen molar-refractivity contribution in [1.82, 2.24) is 4.90 Å². The number of nitrogens with zero attached hydrogens (tertiary/aromatic N) is 1. The quantitative estimate of drug-likeness (QED) is 0.885. The molecule has 0 saturated carbocycles. The number of benzene rings is 1. The molecule has 5 heteroatoms. The second-order valence-corrected chi connectivity index (χ2v) is 4.46. The van der Waals surface area contributed by atoms with Crippen molar-refractivity contribution >= 4 is 11.9 Å². The molecule has 19 heavy (non-hydrogen) atoms. The Morgan fingerprint density at radius 3 is 2.58 bits per heavy atom. The summed E-state index contributed by atoms with van der Waals surface area (Å²) in [6, 6.07) is 6.81. The molecular weight excluding hydrogens is 246 g/mol. The Hall–Kier alpha value is -1.88. The fourth-order valence-corrected chi connectivity index (χ4v) is 2.16. The average Bonchev–Trinajstić information content (AvgIpc) is 2.46. The van der Waals surface area contributed by atoms with Gasteiger partial charge in [0.2, 0.25) is 5.91 Å². The summed E-state index contributed by atoms with van der Waals surface area (Å²) in [6.07, 6.45) is 0.795. The molecule has 0 unspecified atom stereocenters. The van der Waals surface area contributed by atoms with E-state index in [9.17, 15) is 9.59 Å². The van der Waals surface area contributed by atoms with Gasteiger partial charge in [-0.25, -0.2) is 4.79 Å². The van der Waals surface area contributed by atoms with Crippen molar-refractivity contribution in [2.24, 2.45) is 0 Å². The average molecular weight is 263 g/mol. The van der Waals surface area contributed by atoms with E-state index in [0.717, 1.165) is 0 Å². The second-order valence-electron chi connectivity index (χ2n) is 4.46. The zero-order chi connectivity index (χ0) is 13.7. The molecule has 0 aliphatic carbocycles. The third-order valence-electron chi connectivity index (χ3n) is 3.22. The van der Waals surface area contributed by atoms with Crippen LogP contribution in [0.3, 0.4) is 0 Å². The Balaban J connectivity index is 1.94. The summed E-state index contributed by atoms with van der Waals surface area (Å²) < 4.78 is 5.19. The van der Waals surface area contributed by atoms with Crippen molar-refractivity contribution < 1.29 is 19.4 Å². The number of ether oxygens (including phenoxy) is 1. The molecule has 1 aromatic rings. The van der Waals surface area contributed by atoms with Crippen molar-refractivity contribution in [3.63, 3.8) is 0 Å². The fraction of sp³-hybridized carbons (Fsp3) is 0.429. The number of rotatable bonds is 4. The summed E-state index contributed by atoms with van der Waals surface area (Å²) in [5.41, 5.74) is 0.980. The Labute approximate surface area is 111 Å². The maximum Gasteiger partial charge on any atom is 0.335 e. The highest BCUT2D eigenvalue weighted by Gasteiger charge is 2.17. The number of carboxylic acids is 1. The maximum atomic E-state index is 12.0. The minimum atomic E-state index is -0.950. The van der Waals surface area contributed by atoms with Gasteiger partial charge in [0.1, 0.15) is 0 Å². The monoisotopic (exact) mass is 263 g/mol. The van der Waals surface area contributed by atoms with Crippen molar-refractivity contribution in [2.45, 2.75) is 12.8 Å². The van der Waals surface area contributed by atoms with Crippen molar-refractivity contribution in [2.75, 3.05) is 26.3 Å². The van der Waals surface area contributed by atoms with Gasteiger partial charge in [0.15, 0.2) is 0 Å². The lowest BCUT2D eigenvalue weighted by Gasteiger charge is -2.26. The van der Waals surface area contributed by atoms with Crippen LogP contribution in [0.2, 0.25) is 0 Å². The van der Waals surface area contributed by atoms with Crippen LogP contribution in [-0.2, 0) is 16.0 Å². The third kappa shape index (κ3) is 3.54. The standard InChI is InChI=1S/C14H17NO4/c16-13(15-7-9-19-10-8-15)6-5-11-3-1-2-4-12(11)14(17)18/h1-4H,5-10H2,(H,17,18). The van der Waals surface area contributed by atoms with Crippen LogP contribution < -0.4 is 0 Å². The summed E-state index contributed by atoms with van der Waals surface area (Å²) in [6.45, 7) is 2.41. The van der Waals surface area contributed by atoms with Gasteiger partial charge >= 0.3 is 5.97 Å². The Morgan fingerprint density at radius 2 is 1.89 bits per heavy atom. The summed E-state index contributed by atoms with van der Waals surface area (Å²) in [5, 5.41) is 9.07. The molecule has 5 nitrogen and oxygen atoms in total. The van der Waals surface area contributed by atoms with E-state index in [1.165, 1.54) is 0 Å². The highest BCUT2D eigenvalue weighted by Crippen LogP contribution is 2.12. The van der Waals surface area contributed by atoms with Crippen molar-refractivity contribution in [3.05, 3.63) is 35.4 Å². The highest BCUT2D eigenvalue weighted by molar-refractivity contribution is 5.89. The van der Waals surface area contributed by atoms with Crippen molar-refractivity contribution in [1.29, 1.82) is 0 Å². The lowest BCUT2D eigenvalue weighted by atomic mass is 10.0. The predicted molar refractivity (Wildman–Crippen MR) is 69.1 cm³/mol. The molecule has 1 amide bonds.